The lowest BCUT2D eigenvalue weighted by Gasteiger charge is -2.10. The fourth-order valence-corrected chi connectivity index (χ4v) is 2.18. The smallest absolute Gasteiger partial charge is 0.161 e. The summed E-state index contributed by atoms with van der Waals surface area (Å²) in [4.78, 5) is 8.27. The number of hydrogen-bond acceptors (Lipinski definition) is 4. The van der Waals surface area contributed by atoms with Crippen LogP contribution >= 0.6 is 0 Å². The normalized spacial score (nSPS) is 10.5. The van der Waals surface area contributed by atoms with Crippen LogP contribution in [0.1, 0.15) is 0 Å². The zero-order valence-corrected chi connectivity index (χ0v) is 11.3. The third-order valence-corrected chi connectivity index (χ3v) is 3.22. The quantitative estimate of drug-likeness (QED) is 0.729. The molecule has 0 aliphatic carbocycles. The molecule has 20 heavy (non-hydrogen) atoms. The van der Waals surface area contributed by atoms with E-state index >= 15 is 0 Å². The van der Waals surface area contributed by atoms with Gasteiger partial charge in [0.25, 0.3) is 0 Å². The molecule has 2 aromatic carbocycles. The number of hydrogen-bond donors (Lipinski definition) is 0. The van der Waals surface area contributed by atoms with Crippen molar-refractivity contribution in [1.82, 2.24) is 9.97 Å². The van der Waals surface area contributed by atoms with Crippen molar-refractivity contribution in [3.8, 4) is 22.6 Å². The maximum absolute atomic E-state index is 5.34. The lowest BCUT2D eigenvalue weighted by atomic mass is 10.0. The van der Waals surface area contributed by atoms with Gasteiger partial charge in [-0.3, -0.25) is 0 Å². The zero-order valence-electron chi connectivity index (χ0n) is 11.3. The second-order valence-electron chi connectivity index (χ2n) is 4.37. The zero-order chi connectivity index (χ0) is 13.9. The van der Waals surface area contributed by atoms with Gasteiger partial charge in [-0.1, -0.05) is 12.1 Å². The van der Waals surface area contributed by atoms with Crippen molar-refractivity contribution in [2.45, 2.75) is 0 Å². The van der Waals surface area contributed by atoms with Crippen molar-refractivity contribution in [3.05, 3.63) is 48.9 Å². The maximum atomic E-state index is 5.34. The average Bonchev–Trinajstić information content (AvgIpc) is 2.53. The molecule has 0 atom stereocenters. The van der Waals surface area contributed by atoms with Crippen molar-refractivity contribution in [3.63, 3.8) is 0 Å². The Morgan fingerprint density at radius 1 is 0.850 bits per heavy atom. The molecule has 0 aliphatic heterocycles. The van der Waals surface area contributed by atoms with Crippen LogP contribution < -0.4 is 9.47 Å². The molecule has 0 N–H and O–H groups in total. The number of methoxy groups -OCH3 is 2. The first-order valence-electron chi connectivity index (χ1n) is 6.24. The minimum atomic E-state index is 0.717. The highest BCUT2D eigenvalue weighted by Gasteiger charge is 2.06. The molecular weight excluding hydrogens is 252 g/mol. The van der Waals surface area contributed by atoms with Gasteiger partial charge >= 0.3 is 0 Å². The molecule has 0 amide bonds. The Morgan fingerprint density at radius 3 is 2.40 bits per heavy atom. The van der Waals surface area contributed by atoms with E-state index in [1.807, 2.05) is 36.5 Å². The summed E-state index contributed by atoms with van der Waals surface area (Å²) in [6, 6.07) is 12.0. The molecule has 4 heteroatoms. The van der Waals surface area contributed by atoms with Crippen molar-refractivity contribution < 1.29 is 9.47 Å². The summed E-state index contributed by atoms with van der Waals surface area (Å²) in [6.45, 7) is 0. The molecule has 0 aliphatic rings. The minimum absolute atomic E-state index is 0.717. The third-order valence-electron chi connectivity index (χ3n) is 3.22. The number of ether oxygens (including phenoxy) is 2. The second-order valence-corrected chi connectivity index (χ2v) is 4.37. The lowest BCUT2D eigenvalue weighted by molar-refractivity contribution is 0.355. The molecule has 100 valence electrons. The predicted octanol–water partition coefficient (Wildman–Crippen LogP) is 3.31. The molecule has 0 unspecified atom stereocenters. The highest BCUT2D eigenvalue weighted by Crippen LogP contribution is 2.33. The van der Waals surface area contributed by atoms with Gasteiger partial charge in [0.15, 0.2) is 11.5 Å². The summed E-state index contributed by atoms with van der Waals surface area (Å²) in [7, 11) is 3.26. The van der Waals surface area contributed by atoms with E-state index in [-0.39, 0.29) is 0 Å². The Balaban J connectivity index is 2.10. The van der Waals surface area contributed by atoms with Gasteiger partial charge in [-0.25, -0.2) is 9.97 Å². The van der Waals surface area contributed by atoms with Crippen LogP contribution in [0.4, 0.5) is 0 Å². The fourth-order valence-electron chi connectivity index (χ4n) is 2.18. The Morgan fingerprint density at radius 2 is 1.60 bits per heavy atom. The molecule has 4 nitrogen and oxygen atoms in total. The first-order chi connectivity index (χ1) is 9.81. The summed E-state index contributed by atoms with van der Waals surface area (Å²) in [5.41, 5.74) is 3.09. The maximum Gasteiger partial charge on any atom is 0.161 e. The summed E-state index contributed by atoms with van der Waals surface area (Å²) in [6.07, 6.45) is 3.37. The highest BCUT2D eigenvalue weighted by atomic mass is 16.5. The molecular formula is C16H14N2O2. The summed E-state index contributed by atoms with van der Waals surface area (Å²) in [5.74, 6) is 1.44. The minimum Gasteiger partial charge on any atom is -0.493 e. The van der Waals surface area contributed by atoms with Crippen LogP contribution in [0, 0.1) is 0 Å². The average molecular weight is 266 g/mol. The Labute approximate surface area is 117 Å². The van der Waals surface area contributed by atoms with Crippen LogP contribution in [0.15, 0.2) is 48.9 Å². The van der Waals surface area contributed by atoms with Gasteiger partial charge in [0.05, 0.1) is 19.7 Å². The first kappa shape index (κ1) is 12.4. The van der Waals surface area contributed by atoms with Gasteiger partial charge in [0.1, 0.15) is 6.33 Å². The van der Waals surface area contributed by atoms with E-state index in [9.17, 15) is 0 Å². The third kappa shape index (κ3) is 2.16. The highest BCUT2D eigenvalue weighted by molar-refractivity contribution is 5.84. The van der Waals surface area contributed by atoms with Crippen molar-refractivity contribution >= 4 is 10.9 Å². The number of fused-ring (bicyclic) bond motifs is 1. The van der Waals surface area contributed by atoms with Gasteiger partial charge in [0.2, 0.25) is 0 Å². The Bertz CT molecular complexity index is 756. The molecule has 0 saturated heterocycles. The molecule has 0 saturated carbocycles. The van der Waals surface area contributed by atoms with E-state index in [2.05, 4.69) is 16.0 Å². The topological polar surface area (TPSA) is 44.2 Å². The Kier molecular flexibility index (Phi) is 3.21. The summed E-state index contributed by atoms with van der Waals surface area (Å²) >= 11 is 0. The molecule has 0 fully saturated rings. The van der Waals surface area contributed by atoms with Gasteiger partial charge < -0.3 is 9.47 Å². The van der Waals surface area contributed by atoms with Crippen LogP contribution in [0.3, 0.4) is 0 Å². The Hall–Kier alpha value is -2.62. The van der Waals surface area contributed by atoms with E-state index < -0.39 is 0 Å². The van der Waals surface area contributed by atoms with Crippen molar-refractivity contribution in [1.29, 1.82) is 0 Å². The van der Waals surface area contributed by atoms with Crippen molar-refractivity contribution in [2.24, 2.45) is 0 Å². The molecule has 3 rings (SSSR count). The van der Waals surface area contributed by atoms with Crippen LogP contribution in [0.25, 0.3) is 22.0 Å². The monoisotopic (exact) mass is 266 g/mol. The first-order valence-corrected chi connectivity index (χ1v) is 6.24. The van der Waals surface area contributed by atoms with Crippen LogP contribution in [-0.4, -0.2) is 24.2 Å². The summed E-state index contributed by atoms with van der Waals surface area (Å²) < 4.78 is 10.6. The van der Waals surface area contributed by atoms with E-state index in [1.165, 1.54) is 0 Å². The standard InChI is InChI=1S/C16H14N2O2/c1-19-15-6-4-12(8-16(15)20-2)11-3-5-14-13(7-11)9-17-10-18-14/h3-10H,1-2H3. The fraction of sp³-hybridized carbons (Fsp3) is 0.125. The number of benzene rings is 2. The summed E-state index contributed by atoms with van der Waals surface area (Å²) in [5, 5.41) is 1.01. The van der Waals surface area contributed by atoms with Gasteiger partial charge in [-0.05, 0) is 35.4 Å². The number of aromatic nitrogens is 2. The molecule has 1 heterocycles. The molecule has 3 aromatic rings. The lowest BCUT2D eigenvalue weighted by Crippen LogP contribution is -1.91. The van der Waals surface area contributed by atoms with Crippen molar-refractivity contribution in [2.75, 3.05) is 14.2 Å². The number of nitrogens with zero attached hydrogens (tertiary/aromatic N) is 2. The van der Waals surface area contributed by atoms with Crippen LogP contribution in [-0.2, 0) is 0 Å². The van der Waals surface area contributed by atoms with E-state index in [0.29, 0.717) is 0 Å². The number of rotatable bonds is 3. The largest absolute Gasteiger partial charge is 0.493 e. The molecule has 0 spiro atoms. The molecule has 1 aromatic heterocycles. The van der Waals surface area contributed by atoms with E-state index in [0.717, 1.165) is 33.5 Å². The van der Waals surface area contributed by atoms with E-state index in [1.54, 1.807) is 20.5 Å². The van der Waals surface area contributed by atoms with Gasteiger partial charge in [0, 0.05) is 11.6 Å². The van der Waals surface area contributed by atoms with Crippen LogP contribution in [0.5, 0.6) is 11.5 Å². The van der Waals surface area contributed by atoms with Crippen LogP contribution in [0.2, 0.25) is 0 Å². The predicted molar refractivity (Wildman–Crippen MR) is 78.1 cm³/mol. The SMILES string of the molecule is COc1ccc(-c2ccc3ncncc3c2)cc1OC. The van der Waals surface area contributed by atoms with E-state index in [4.69, 9.17) is 9.47 Å². The van der Waals surface area contributed by atoms with Gasteiger partial charge in [-0.15, -0.1) is 0 Å². The second kappa shape index (κ2) is 5.17. The molecule has 0 radical (unpaired) electrons. The molecule has 0 bridgehead atoms. The van der Waals surface area contributed by atoms with Gasteiger partial charge in [-0.2, -0.15) is 0 Å².